The highest BCUT2D eigenvalue weighted by Gasteiger charge is 2.23. The van der Waals surface area contributed by atoms with Gasteiger partial charge < -0.3 is 15.6 Å². The Bertz CT molecular complexity index is 614. The summed E-state index contributed by atoms with van der Waals surface area (Å²) in [5.41, 5.74) is 3.84. The fraction of sp³-hybridized carbons (Fsp3) is 0.182. The van der Waals surface area contributed by atoms with Crippen molar-refractivity contribution in [2.24, 2.45) is 5.73 Å². The van der Waals surface area contributed by atoms with E-state index in [0.29, 0.717) is 0 Å². The van der Waals surface area contributed by atoms with Crippen molar-refractivity contribution in [2.75, 3.05) is 0 Å². The molecule has 0 saturated heterocycles. The summed E-state index contributed by atoms with van der Waals surface area (Å²) >= 11 is 0. The average Bonchev–Trinajstić information content (AvgIpc) is 2.37. The molecule has 0 aromatic heterocycles. The van der Waals surface area contributed by atoms with Crippen molar-refractivity contribution < 1.29 is 29.2 Å². The van der Waals surface area contributed by atoms with Crippen molar-refractivity contribution >= 4 is 23.6 Å². The summed E-state index contributed by atoms with van der Waals surface area (Å²) in [5.74, 6) is -2.54. The summed E-state index contributed by atoms with van der Waals surface area (Å²) in [6.07, 6.45) is -1.24. The Morgan fingerprint density at radius 2 is 2.05 bits per heavy atom. The summed E-state index contributed by atoms with van der Waals surface area (Å²) in [6.45, 7) is 1.24. The maximum absolute atomic E-state index is 11.4. The number of hydrogen-bond donors (Lipinski definition) is 3. The van der Waals surface area contributed by atoms with Crippen LogP contribution in [-0.2, 0) is 4.79 Å². The molecule has 0 bridgehead atoms. The fourth-order valence-corrected chi connectivity index (χ4v) is 1.36. The fourth-order valence-electron chi connectivity index (χ4n) is 1.36. The number of ether oxygens (including phenoxy) is 1. The van der Waals surface area contributed by atoms with Crippen LogP contribution in [0.15, 0.2) is 18.2 Å². The number of rotatable bonds is 5. The molecule has 21 heavy (non-hydrogen) atoms. The molecule has 1 unspecified atom stereocenters. The number of urea groups is 1. The van der Waals surface area contributed by atoms with Crippen LogP contribution in [0.1, 0.15) is 17.3 Å². The van der Waals surface area contributed by atoms with Crippen LogP contribution < -0.4 is 15.8 Å². The first-order chi connectivity index (χ1) is 9.72. The van der Waals surface area contributed by atoms with Crippen LogP contribution >= 0.6 is 0 Å². The molecule has 112 valence electrons. The number of nitrogens with two attached hydrogens (primary N) is 1. The van der Waals surface area contributed by atoms with Crippen molar-refractivity contribution in [3.63, 3.8) is 0 Å². The van der Waals surface area contributed by atoms with E-state index in [1.807, 2.05) is 0 Å². The minimum Gasteiger partial charge on any atom is -0.478 e. The number of carbonyl (C=O) groups excluding carboxylic acids is 2. The van der Waals surface area contributed by atoms with Gasteiger partial charge in [0, 0.05) is 6.07 Å². The number of carboxylic acid groups (broad SMARTS) is 1. The molecular weight excluding hydrogens is 286 g/mol. The van der Waals surface area contributed by atoms with E-state index in [1.54, 1.807) is 5.32 Å². The minimum atomic E-state index is -1.34. The molecule has 0 saturated carbocycles. The number of nitro benzene ring substituents is 1. The summed E-state index contributed by atoms with van der Waals surface area (Å²) in [7, 11) is 0. The molecule has 0 heterocycles. The average molecular weight is 297 g/mol. The zero-order chi connectivity index (χ0) is 16.2. The van der Waals surface area contributed by atoms with Gasteiger partial charge in [0.05, 0.1) is 10.5 Å². The number of imide groups is 1. The van der Waals surface area contributed by atoms with Crippen molar-refractivity contribution in [3.05, 3.63) is 33.9 Å². The van der Waals surface area contributed by atoms with Gasteiger partial charge in [-0.1, -0.05) is 0 Å². The minimum absolute atomic E-state index is 0.303. The SMILES string of the molecule is CC(Oc1ccc(C(=O)O)cc1[N+](=O)[O-])C(=O)NC(N)=O. The quantitative estimate of drug-likeness (QED) is 0.518. The largest absolute Gasteiger partial charge is 0.478 e. The second kappa shape index (κ2) is 6.32. The van der Waals surface area contributed by atoms with Gasteiger partial charge in [0.15, 0.2) is 11.9 Å². The molecule has 0 aliphatic carbocycles. The molecule has 1 aromatic carbocycles. The van der Waals surface area contributed by atoms with Crippen LogP contribution in [0.2, 0.25) is 0 Å². The van der Waals surface area contributed by atoms with Crippen LogP contribution in [-0.4, -0.2) is 34.0 Å². The number of nitro groups is 1. The molecule has 0 radical (unpaired) electrons. The van der Waals surface area contributed by atoms with Crippen LogP contribution in [0.5, 0.6) is 5.75 Å². The van der Waals surface area contributed by atoms with E-state index in [2.05, 4.69) is 0 Å². The lowest BCUT2D eigenvalue weighted by molar-refractivity contribution is -0.386. The van der Waals surface area contributed by atoms with Gasteiger partial charge in [0.2, 0.25) is 0 Å². The van der Waals surface area contributed by atoms with Crippen LogP contribution in [0, 0.1) is 10.1 Å². The third-order valence-corrected chi connectivity index (χ3v) is 2.32. The van der Waals surface area contributed by atoms with Crippen molar-refractivity contribution in [3.8, 4) is 5.75 Å². The Morgan fingerprint density at radius 1 is 1.43 bits per heavy atom. The highest BCUT2D eigenvalue weighted by atomic mass is 16.6. The first-order valence-electron chi connectivity index (χ1n) is 5.51. The van der Waals surface area contributed by atoms with E-state index in [4.69, 9.17) is 15.6 Å². The van der Waals surface area contributed by atoms with E-state index in [-0.39, 0.29) is 11.3 Å². The number of nitrogens with one attached hydrogen (secondary N) is 1. The lowest BCUT2D eigenvalue weighted by atomic mass is 10.2. The standard InChI is InChI=1S/C11H11N3O7/c1-5(9(15)13-11(12)18)21-8-3-2-6(10(16)17)4-7(8)14(19)20/h2-5H,1H3,(H,16,17)(H3,12,13,15,18). The molecule has 1 rings (SSSR count). The van der Waals surface area contributed by atoms with E-state index < -0.39 is 34.6 Å². The molecule has 1 atom stereocenters. The predicted octanol–water partition coefficient (Wildman–Crippen LogP) is 0.255. The van der Waals surface area contributed by atoms with Crippen LogP contribution in [0.4, 0.5) is 10.5 Å². The van der Waals surface area contributed by atoms with Gasteiger partial charge in [-0.05, 0) is 19.1 Å². The summed E-state index contributed by atoms with van der Waals surface area (Å²) < 4.78 is 5.05. The number of benzene rings is 1. The number of nitrogens with zero attached hydrogens (tertiary/aromatic N) is 1. The van der Waals surface area contributed by atoms with E-state index in [1.165, 1.54) is 6.92 Å². The Hall–Kier alpha value is -3.17. The topological polar surface area (TPSA) is 162 Å². The van der Waals surface area contributed by atoms with Crippen LogP contribution in [0.25, 0.3) is 0 Å². The highest BCUT2D eigenvalue weighted by molar-refractivity contribution is 5.95. The van der Waals surface area contributed by atoms with Gasteiger partial charge in [-0.25, -0.2) is 9.59 Å². The number of carboxylic acids is 1. The number of amides is 3. The predicted molar refractivity (Wildman–Crippen MR) is 67.9 cm³/mol. The molecule has 0 aliphatic rings. The van der Waals surface area contributed by atoms with E-state index >= 15 is 0 Å². The molecule has 0 aliphatic heterocycles. The van der Waals surface area contributed by atoms with E-state index in [9.17, 15) is 24.5 Å². The molecule has 1 aromatic rings. The molecule has 0 fully saturated rings. The van der Waals surface area contributed by atoms with Gasteiger partial charge in [-0.15, -0.1) is 0 Å². The molecule has 3 amide bonds. The van der Waals surface area contributed by atoms with Gasteiger partial charge in [-0.3, -0.25) is 20.2 Å². The van der Waals surface area contributed by atoms with Crippen molar-refractivity contribution in [1.29, 1.82) is 0 Å². The lowest BCUT2D eigenvalue weighted by Gasteiger charge is -2.13. The second-order valence-corrected chi connectivity index (χ2v) is 3.86. The zero-order valence-electron chi connectivity index (χ0n) is 10.7. The van der Waals surface area contributed by atoms with Crippen molar-refractivity contribution in [1.82, 2.24) is 5.32 Å². The smallest absolute Gasteiger partial charge is 0.335 e. The van der Waals surface area contributed by atoms with Gasteiger partial charge >= 0.3 is 17.7 Å². The van der Waals surface area contributed by atoms with Gasteiger partial charge in [-0.2, -0.15) is 0 Å². The second-order valence-electron chi connectivity index (χ2n) is 3.86. The Balaban J connectivity index is 3.02. The Labute approximate surface area is 117 Å². The highest BCUT2D eigenvalue weighted by Crippen LogP contribution is 2.28. The zero-order valence-corrected chi connectivity index (χ0v) is 10.7. The summed E-state index contributed by atoms with van der Waals surface area (Å²) in [6, 6.07) is 1.85. The Morgan fingerprint density at radius 3 is 2.52 bits per heavy atom. The van der Waals surface area contributed by atoms with Gasteiger partial charge in [0.25, 0.3) is 5.91 Å². The monoisotopic (exact) mass is 297 g/mol. The lowest BCUT2D eigenvalue weighted by Crippen LogP contribution is -2.42. The first kappa shape index (κ1) is 15.9. The maximum atomic E-state index is 11.4. The normalized spacial score (nSPS) is 11.3. The van der Waals surface area contributed by atoms with E-state index in [0.717, 1.165) is 18.2 Å². The number of primary amides is 1. The Kier molecular flexibility index (Phi) is 4.78. The molecule has 10 nitrogen and oxygen atoms in total. The third-order valence-electron chi connectivity index (χ3n) is 2.32. The summed E-state index contributed by atoms with van der Waals surface area (Å²) in [5, 5.41) is 21.4. The summed E-state index contributed by atoms with van der Waals surface area (Å²) in [4.78, 5) is 42.7. The molecule has 10 heteroatoms. The molecular formula is C11H11N3O7. The molecule has 4 N–H and O–H groups in total. The third kappa shape index (κ3) is 4.16. The number of aromatic carboxylic acids is 1. The van der Waals surface area contributed by atoms with Crippen molar-refractivity contribution in [2.45, 2.75) is 13.0 Å². The van der Waals surface area contributed by atoms with Gasteiger partial charge in [0.1, 0.15) is 0 Å². The first-order valence-corrected chi connectivity index (χ1v) is 5.51. The number of carbonyl (C=O) groups is 3. The van der Waals surface area contributed by atoms with Crippen LogP contribution in [0.3, 0.4) is 0 Å². The number of hydrogen-bond acceptors (Lipinski definition) is 6. The molecule has 0 spiro atoms. The maximum Gasteiger partial charge on any atom is 0.335 e.